The number of amides is 2. The van der Waals surface area contributed by atoms with Crippen molar-refractivity contribution in [3.8, 4) is 0 Å². The molecule has 3 N–H and O–H groups in total. The summed E-state index contributed by atoms with van der Waals surface area (Å²) in [5, 5.41) is 5.51. The van der Waals surface area contributed by atoms with E-state index in [1.165, 1.54) is 17.8 Å². The molecule has 25 heavy (non-hydrogen) atoms. The molecule has 1 aromatic carbocycles. The number of nitrogens with zero attached hydrogens (tertiary/aromatic N) is 2. The number of aryl methyl sites for hydroxylation is 1. The van der Waals surface area contributed by atoms with E-state index >= 15 is 0 Å². The summed E-state index contributed by atoms with van der Waals surface area (Å²) in [7, 11) is 1.48. The van der Waals surface area contributed by atoms with Gasteiger partial charge in [0.05, 0.1) is 6.20 Å². The molecule has 0 aliphatic heterocycles. The molecule has 2 aromatic rings. The van der Waals surface area contributed by atoms with Crippen molar-refractivity contribution < 1.29 is 18.4 Å². The van der Waals surface area contributed by atoms with Crippen molar-refractivity contribution in [3.63, 3.8) is 0 Å². The zero-order chi connectivity index (χ0) is 18.1. The molecule has 1 aliphatic carbocycles. The highest BCUT2D eigenvalue weighted by molar-refractivity contribution is 7.79. The molecule has 1 aromatic heterocycles. The maximum absolute atomic E-state index is 12.4. The van der Waals surface area contributed by atoms with Gasteiger partial charge in [0.1, 0.15) is 5.69 Å². The first-order chi connectivity index (χ1) is 11.9. The van der Waals surface area contributed by atoms with Crippen LogP contribution in [0.1, 0.15) is 39.3 Å². The maximum atomic E-state index is 12.4. The van der Waals surface area contributed by atoms with E-state index in [2.05, 4.69) is 15.6 Å². The second kappa shape index (κ2) is 6.77. The minimum atomic E-state index is -2.28. The Hall–Kier alpha value is -2.52. The van der Waals surface area contributed by atoms with Gasteiger partial charge in [0.25, 0.3) is 11.8 Å². The third-order valence-electron chi connectivity index (χ3n) is 3.99. The van der Waals surface area contributed by atoms with Crippen LogP contribution in [-0.4, -0.2) is 36.2 Å². The second-order valence-electron chi connectivity index (χ2n) is 5.97. The molecule has 9 heteroatoms. The van der Waals surface area contributed by atoms with Crippen LogP contribution < -0.4 is 10.6 Å². The van der Waals surface area contributed by atoms with E-state index < -0.39 is 17.0 Å². The zero-order valence-electron chi connectivity index (χ0n) is 13.8. The number of carbonyl (C=O) groups excluding carboxylic acids is 2. The summed E-state index contributed by atoms with van der Waals surface area (Å²) in [6.07, 6.45) is 3.23. The summed E-state index contributed by atoms with van der Waals surface area (Å²) in [6, 6.07) is 5.33. The third-order valence-corrected chi connectivity index (χ3v) is 4.69. The molecule has 0 radical (unpaired) electrons. The number of hydrogen-bond acceptors (Lipinski definition) is 4. The molecule has 0 spiro atoms. The summed E-state index contributed by atoms with van der Waals surface area (Å²) in [6.45, 7) is 1.82. The molecule has 0 saturated heterocycles. The van der Waals surface area contributed by atoms with Crippen LogP contribution in [-0.2, 0) is 18.1 Å². The lowest BCUT2D eigenvalue weighted by Crippen LogP contribution is -2.25. The minimum absolute atomic E-state index is 0.112. The van der Waals surface area contributed by atoms with Crippen LogP contribution in [0.5, 0.6) is 0 Å². The Morgan fingerprint density at radius 2 is 2.04 bits per heavy atom. The number of imidazole rings is 1. The molecule has 1 fully saturated rings. The van der Waals surface area contributed by atoms with Gasteiger partial charge in [-0.05, 0) is 37.5 Å². The van der Waals surface area contributed by atoms with Crippen molar-refractivity contribution in [1.29, 1.82) is 0 Å². The van der Waals surface area contributed by atoms with Gasteiger partial charge in [0, 0.05) is 24.3 Å². The maximum Gasteiger partial charge on any atom is 0.273 e. The fourth-order valence-corrected chi connectivity index (χ4v) is 2.82. The predicted octanol–water partition coefficient (Wildman–Crippen LogP) is 1.45. The van der Waals surface area contributed by atoms with Crippen LogP contribution in [0.4, 0.5) is 5.69 Å². The van der Waals surface area contributed by atoms with E-state index in [1.807, 2.05) is 6.92 Å². The topological polar surface area (TPSA) is 113 Å². The number of carbonyl (C=O) groups is 2. The van der Waals surface area contributed by atoms with Crippen LogP contribution >= 0.6 is 0 Å². The molecule has 1 saturated carbocycles. The van der Waals surface area contributed by atoms with Gasteiger partial charge in [-0.15, -0.1) is 0 Å². The van der Waals surface area contributed by atoms with Crippen LogP contribution in [0.2, 0.25) is 0 Å². The predicted molar refractivity (Wildman–Crippen MR) is 91.9 cm³/mol. The fraction of sp³-hybridized carbons (Fsp3) is 0.312. The van der Waals surface area contributed by atoms with Gasteiger partial charge in [-0.1, -0.05) is 6.07 Å². The molecule has 1 heterocycles. The lowest BCUT2D eigenvalue weighted by atomic mass is 10.1. The van der Waals surface area contributed by atoms with Crippen LogP contribution in [0, 0.1) is 6.92 Å². The monoisotopic (exact) mass is 362 g/mol. The third kappa shape index (κ3) is 3.77. The fourth-order valence-electron chi connectivity index (χ4n) is 2.35. The number of nitrogens with one attached hydrogen (secondary N) is 2. The Labute approximate surface area is 146 Å². The summed E-state index contributed by atoms with van der Waals surface area (Å²) in [5.41, 5.74) is 1.91. The second-order valence-corrected chi connectivity index (χ2v) is 6.83. The quantitative estimate of drug-likeness (QED) is 0.697. The first-order valence-corrected chi connectivity index (χ1v) is 8.83. The van der Waals surface area contributed by atoms with Gasteiger partial charge in [-0.25, -0.2) is 9.19 Å². The Bertz CT molecular complexity index is 873. The number of anilines is 1. The molecule has 8 nitrogen and oxygen atoms in total. The van der Waals surface area contributed by atoms with Crippen LogP contribution in [0.15, 0.2) is 29.6 Å². The molecule has 3 rings (SSSR count). The van der Waals surface area contributed by atoms with Gasteiger partial charge >= 0.3 is 0 Å². The molecule has 1 aliphatic rings. The van der Waals surface area contributed by atoms with Gasteiger partial charge in [0.2, 0.25) is 16.2 Å². The van der Waals surface area contributed by atoms with Crippen LogP contribution in [0.3, 0.4) is 0 Å². The van der Waals surface area contributed by atoms with E-state index in [-0.39, 0.29) is 22.8 Å². The molecule has 132 valence electrons. The van der Waals surface area contributed by atoms with E-state index in [1.54, 1.807) is 18.2 Å². The van der Waals surface area contributed by atoms with Gasteiger partial charge in [-0.3, -0.25) is 14.1 Å². The first-order valence-electron chi connectivity index (χ1n) is 7.72. The van der Waals surface area contributed by atoms with Crippen molar-refractivity contribution >= 4 is 28.6 Å². The Morgan fingerprint density at radius 3 is 2.64 bits per heavy atom. The van der Waals surface area contributed by atoms with Gasteiger partial charge in [0.15, 0.2) is 0 Å². The Kier molecular flexibility index (Phi) is 4.69. The van der Waals surface area contributed by atoms with Crippen molar-refractivity contribution in [3.05, 3.63) is 41.2 Å². The van der Waals surface area contributed by atoms with Crippen LogP contribution in [0.25, 0.3) is 0 Å². The number of hydrogen-bond donors (Lipinski definition) is 3. The van der Waals surface area contributed by atoms with E-state index in [9.17, 15) is 13.8 Å². The highest BCUT2D eigenvalue weighted by atomic mass is 32.2. The highest BCUT2D eigenvalue weighted by Gasteiger charge is 2.24. The number of benzene rings is 1. The minimum Gasteiger partial charge on any atom is -0.349 e. The van der Waals surface area contributed by atoms with E-state index in [4.69, 9.17) is 4.55 Å². The highest BCUT2D eigenvalue weighted by Crippen LogP contribution is 2.22. The lowest BCUT2D eigenvalue weighted by Gasteiger charge is -2.11. The number of rotatable bonds is 5. The Balaban J connectivity index is 1.80. The standard InChI is InChI=1S/C16H18N4O4S/c1-9-3-4-10(14(21)18-11-5-6-11)7-12(9)19-15(22)13-8-17-16(20(13)2)25(23)24/h3-4,7-8,11H,5-6H2,1-2H3,(H,18,21)(H,19,22)(H,23,24). The lowest BCUT2D eigenvalue weighted by molar-refractivity contribution is 0.0949. The smallest absolute Gasteiger partial charge is 0.273 e. The van der Waals surface area contributed by atoms with Crippen molar-refractivity contribution in [2.24, 2.45) is 7.05 Å². The molecular formula is C16H18N4O4S. The summed E-state index contributed by atoms with van der Waals surface area (Å²) >= 11 is -2.28. The molecule has 1 atom stereocenters. The summed E-state index contributed by atoms with van der Waals surface area (Å²) in [4.78, 5) is 28.4. The Morgan fingerprint density at radius 1 is 1.32 bits per heavy atom. The SMILES string of the molecule is Cc1ccc(C(=O)NC2CC2)cc1NC(=O)c1cnc(S(=O)O)n1C. The van der Waals surface area contributed by atoms with E-state index in [0.29, 0.717) is 11.3 Å². The van der Waals surface area contributed by atoms with Crippen molar-refractivity contribution in [2.75, 3.05) is 5.32 Å². The van der Waals surface area contributed by atoms with Gasteiger partial charge in [-0.2, -0.15) is 0 Å². The van der Waals surface area contributed by atoms with Crippen molar-refractivity contribution in [1.82, 2.24) is 14.9 Å². The molecule has 1 unspecified atom stereocenters. The zero-order valence-corrected chi connectivity index (χ0v) is 14.6. The molecule has 2 amide bonds. The van der Waals surface area contributed by atoms with Crippen molar-refractivity contribution in [2.45, 2.75) is 31.0 Å². The largest absolute Gasteiger partial charge is 0.349 e. The average Bonchev–Trinajstić information content (AvgIpc) is 3.28. The molecule has 0 bridgehead atoms. The average molecular weight is 362 g/mol. The first kappa shape index (κ1) is 17.3. The van der Waals surface area contributed by atoms with E-state index in [0.717, 1.165) is 18.4 Å². The molecular weight excluding hydrogens is 344 g/mol. The van der Waals surface area contributed by atoms with Gasteiger partial charge < -0.3 is 15.2 Å². The summed E-state index contributed by atoms with van der Waals surface area (Å²) < 4.78 is 21.5. The summed E-state index contributed by atoms with van der Waals surface area (Å²) in [5.74, 6) is -0.647. The number of aromatic nitrogens is 2. The normalized spacial score (nSPS) is 14.8.